The second kappa shape index (κ2) is 3.26. The summed E-state index contributed by atoms with van der Waals surface area (Å²) in [6, 6.07) is 3.24. The van der Waals surface area contributed by atoms with Crippen LogP contribution in [-0.2, 0) is 0 Å². The molecule has 0 saturated heterocycles. The van der Waals surface area contributed by atoms with Gasteiger partial charge in [-0.2, -0.15) is 0 Å². The number of rotatable bonds is 2. The predicted molar refractivity (Wildman–Crippen MR) is 51.5 cm³/mol. The van der Waals surface area contributed by atoms with Gasteiger partial charge in [-0.15, -0.1) is 11.3 Å². The van der Waals surface area contributed by atoms with Gasteiger partial charge in [-0.3, -0.25) is 0 Å². The lowest BCUT2D eigenvalue weighted by Gasteiger charge is -1.86. The maximum Gasteiger partial charge on any atom is 0.345 e. The number of aromatic nitrogens is 1. The molecule has 14 heavy (non-hydrogen) atoms. The molecule has 2 aromatic rings. The van der Waals surface area contributed by atoms with Gasteiger partial charge in [0.15, 0.2) is 0 Å². The largest absolute Gasteiger partial charge is 0.477 e. The summed E-state index contributed by atoms with van der Waals surface area (Å²) in [6.45, 7) is 1.79. The monoisotopic (exact) mass is 209 g/mol. The van der Waals surface area contributed by atoms with Crippen LogP contribution < -0.4 is 0 Å². The van der Waals surface area contributed by atoms with E-state index in [4.69, 9.17) is 9.52 Å². The molecule has 0 amide bonds. The smallest absolute Gasteiger partial charge is 0.345 e. The third-order valence-corrected chi connectivity index (χ3v) is 2.71. The average Bonchev–Trinajstić information content (AvgIpc) is 2.70. The van der Waals surface area contributed by atoms with Gasteiger partial charge in [-0.05, 0) is 19.1 Å². The van der Waals surface area contributed by atoms with Crippen LogP contribution in [0.25, 0.3) is 10.8 Å². The van der Waals surface area contributed by atoms with Crippen LogP contribution in [-0.4, -0.2) is 16.1 Å². The van der Waals surface area contributed by atoms with E-state index in [1.54, 1.807) is 25.3 Å². The fourth-order valence-electron chi connectivity index (χ4n) is 1.04. The lowest BCUT2D eigenvalue weighted by Crippen LogP contribution is -1.89. The molecule has 0 spiro atoms. The molecule has 0 atom stereocenters. The van der Waals surface area contributed by atoms with Crippen molar-refractivity contribution in [1.29, 1.82) is 0 Å². The molecule has 72 valence electrons. The number of hydrogen-bond acceptors (Lipinski definition) is 4. The molecular formula is C9H7NO3S. The van der Waals surface area contributed by atoms with E-state index in [0.717, 1.165) is 16.2 Å². The molecule has 0 unspecified atom stereocenters. The van der Waals surface area contributed by atoms with Gasteiger partial charge in [0.05, 0.1) is 11.1 Å². The van der Waals surface area contributed by atoms with Gasteiger partial charge in [-0.1, -0.05) is 0 Å². The Labute approximate surface area is 83.8 Å². The third kappa shape index (κ3) is 1.54. The lowest BCUT2D eigenvalue weighted by atomic mass is 10.4. The number of hydrogen-bond donors (Lipinski definition) is 1. The predicted octanol–water partition coefficient (Wildman–Crippen LogP) is 2.41. The first kappa shape index (κ1) is 8.96. The zero-order valence-electron chi connectivity index (χ0n) is 7.35. The van der Waals surface area contributed by atoms with Gasteiger partial charge in [-0.25, -0.2) is 9.78 Å². The van der Waals surface area contributed by atoms with Crippen LogP contribution >= 0.6 is 11.3 Å². The van der Waals surface area contributed by atoms with Crippen molar-refractivity contribution in [3.63, 3.8) is 0 Å². The van der Waals surface area contributed by atoms with Crippen LogP contribution in [0.2, 0.25) is 0 Å². The summed E-state index contributed by atoms with van der Waals surface area (Å²) in [4.78, 5) is 15.6. The van der Waals surface area contributed by atoms with Crippen LogP contribution in [0.5, 0.6) is 0 Å². The van der Waals surface area contributed by atoms with Gasteiger partial charge >= 0.3 is 5.97 Å². The van der Waals surface area contributed by atoms with E-state index < -0.39 is 5.97 Å². The molecular weight excluding hydrogens is 202 g/mol. The Morgan fingerprint density at radius 1 is 1.57 bits per heavy atom. The second-order valence-electron chi connectivity index (χ2n) is 2.75. The van der Waals surface area contributed by atoms with E-state index in [2.05, 4.69) is 4.98 Å². The molecule has 0 aromatic carbocycles. The van der Waals surface area contributed by atoms with E-state index in [0.29, 0.717) is 11.7 Å². The minimum absolute atomic E-state index is 0.288. The number of carboxylic acid groups (broad SMARTS) is 1. The minimum atomic E-state index is -0.926. The number of carboxylic acids is 1. The maximum absolute atomic E-state index is 10.6. The van der Waals surface area contributed by atoms with Gasteiger partial charge in [0.25, 0.3) is 0 Å². The first-order valence-electron chi connectivity index (χ1n) is 3.93. The van der Waals surface area contributed by atoms with Crippen molar-refractivity contribution in [2.45, 2.75) is 6.92 Å². The van der Waals surface area contributed by atoms with Crippen molar-refractivity contribution < 1.29 is 14.3 Å². The Morgan fingerprint density at radius 3 is 2.86 bits per heavy atom. The third-order valence-electron chi connectivity index (χ3n) is 1.65. The van der Waals surface area contributed by atoms with E-state index in [-0.39, 0.29) is 4.88 Å². The molecule has 1 N–H and O–H groups in total. The molecule has 0 aliphatic rings. The Bertz CT molecular complexity index is 472. The number of carbonyl (C=O) groups is 1. The van der Waals surface area contributed by atoms with Crippen LogP contribution in [0, 0.1) is 6.92 Å². The molecule has 4 nitrogen and oxygen atoms in total. The van der Waals surface area contributed by atoms with Gasteiger partial charge in [0.1, 0.15) is 10.6 Å². The van der Waals surface area contributed by atoms with Crippen molar-refractivity contribution in [2.24, 2.45) is 0 Å². The average molecular weight is 209 g/mol. The first-order chi connectivity index (χ1) is 6.66. The van der Waals surface area contributed by atoms with Crippen LogP contribution in [0.4, 0.5) is 0 Å². The van der Waals surface area contributed by atoms with Crippen molar-refractivity contribution in [3.05, 3.63) is 29.0 Å². The van der Waals surface area contributed by atoms with Crippen LogP contribution in [0.3, 0.4) is 0 Å². The zero-order chi connectivity index (χ0) is 10.1. The molecule has 0 bridgehead atoms. The summed E-state index contributed by atoms with van der Waals surface area (Å²) >= 11 is 1.15. The summed E-state index contributed by atoms with van der Waals surface area (Å²) in [5.41, 5.74) is 0. The molecule has 2 aromatic heterocycles. The van der Waals surface area contributed by atoms with Crippen molar-refractivity contribution >= 4 is 17.3 Å². The minimum Gasteiger partial charge on any atom is -0.477 e. The highest BCUT2D eigenvalue weighted by Gasteiger charge is 2.11. The molecule has 5 heteroatoms. The highest BCUT2D eigenvalue weighted by molar-refractivity contribution is 7.17. The topological polar surface area (TPSA) is 63.3 Å². The summed E-state index contributed by atoms with van der Waals surface area (Å²) in [5, 5.41) is 8.71. The number of oxazole rings is 1. The Morgan fingerprint density at radius 2 is 2.36 bits per heavy atom. The Kier molecular flexibility index (Phi) is 2.09. The summed E-state index contributed by atoms with van der Waals surface area (Å²) in [7, 11) is 0. The standard InChI is InChI=1S/C9H7NO3S/c1-5-4-10-8(13-5)6-2-3-7(14-6)9(11)12/h2-4H,1H3,(H,11,12). The summed E-state index contributed by atoms with van der Waals surface area (Å²) in [5.74, 6) is 0.259. The highest BCUT2D eigenvalue weighted by atomic mass is 32.1. The Balaban J connectivity index is 2.38. The molecule has 2 rings (SSSR count). The SMILES string of the molecule is Cc1cnc(-c2ccc(C(=O)O)s2)o1. The lowest BCUT2D eigenvalue weighted by molar-refractivity contribution is 0.0702. The second-order valence-corrected chi connectivity index (χ2v) is 3.83. The van der Waals surface area contributed by atoms with E-state index in [1.165, 1.54) is 0 Å². The quantitative estimate of drug-likeness (QED) is 0.824. The Hall–Kier alpha value is -1.62. The number of nitrogens with zero attached hydrogens (tertiary/aromatic N) is 1. The number of thiophene rings is 1. The summed E-state index contributed by atoms with van der Waals surface area (Å²) in [6.07, 6.45) is 1.61. The fraction of sp³-hybridized carbons (Fsp3) is 0.111. The molecule has 2 heterocycles. The van der Waals surface area contributed by atoms with Crippen molar-refractivity contribution in [1.82, 2.24) is 4.98 Å². The molecule has 0 fully saturated rings. The molecule has 0 aliphatic carbocycles. The normalized spacial score (nSPS) is 10.4. The van der Waals surface area contributed by atoms with Crippen LogP contribution in [0.15, 0.2) is 22.7 Å². The van der Waals surface area contributed by atoms with Crippen molar-refractivity contribution in [3.8, 4) is 10.8 Å². The van der Waals surface area contributed by atoms with Gasteiger partial charge in [0.2, 0.25) is 5.89 Å². The number of aromatic carboxylic acids is 1. The summed E-state index contributed by atoms with van der Waals surface area (Å²) < 4.78 is 5.27. The highest BCUT2D eigenvalue weighted by Crippen LogP contribution is 2.27. The number of aryl methyl sites for hydroxylation is 1. The fourth-order valence-corrected chi connectivity index (χ4v) is 1.81. The zero-order valence-corrected chi connectivity index (χ0v) is 8.17. The first-order valence-corrected chi connectivity index (χ1v) is 4.74. The van der Waals surface area contributed by atoms with Crippen molar-refractivity contribution in [2.75, 3.05) is 0 Å². The van der Waals surface area contributed by atoms with Gasteiger partial charge < -0.3 is 9.52 Å². The van der Waals surface area contributed by atoms with Crippen LogP contribution in [0.1, 0.15) is 15.4 Å². The van der Waals surface area contributed by atoms with Gasteiger partial charge in [0, 0.05) is 0 Å². The molecule has 0 saturated carbocycles. The maximum atomic E-state index is 10.6. The molecule has 0 radical (unpaired) electrons. The molecule has 0 aliphatic heterocycles. The van der Waals surface area contributed by atoms with E-state index in [1.807, 2.05) is 0 Å². The van der Waals surface area contributed by atoms with E-state index in [9.17, 15) is 4.79 Å². The van der Waals surface area contributed by atoms with E-state index >= 15 is 0 Å².